The SMILES string of the molecule is C=Cc1cc(C2(NC(=O)c3cc(OC[C@@H]4CCN4C(=O)OC(C)(C)C)ccc3C)CC2)c2cccnc2c1. The summed E-state index contributed by atoms with van der Waals surface area (Å²) in [6.45, 7) is 12.4. The summed E-state index contributed by atoms with van der Waals surface area (Å²) in [6, 6.07) is 13.6. The van der Waals surface area contributed by atoms with Crippen LogP contribution in [0.25, 0.3) is 17.0 Å². The van der Waals surface area contributed by atoms with Crippen LogP contribution in [0.4, 0.5) is 4.79 Å². The molecule has 2 amide bonds. The summed E-state index contributed by atoms with van der Waals surface area (Å²) in [4.78, 5) is 32.2. The molecule has 0 radical (unpaired) electrons. The van der Waals surface area contributed by atoms with Crippen molar-refractivity contribution >= 4 is 29.0 Å². The smallest absolute Gasteiger partial charge is 0.410 e. The molecule has 1 N–H and O–H groups in total. The van der Waals surface area contributed by atoms with Crippen LogP contribution in [0, 0.1) is 6.92 Å². The molecular weight excluding hydrogens is 478 g/mol. The maximum absolute atomic E-state index is 13.5. The Morgan fingerprint density at radius 3 is 2.66 bits per heavy atom. The zero-order valence-corrected chi connectivity index (χ0v) is 22.5. The fourth-order valence-corrected chi connectivity index (χ4v) is 4.89. The van der Waals surface area contributed by atoms with Crippen LogP contribution < -0.4 is 10.1 Å². The number of pyridine rings is 1. The van der Waals surface area contributed by atoms with Gasteiger partial charge >= 0.3 is 6.09 Å². The van der Waals surface area contributed by atoms with Crippen molar-refractivity contribution < 1.29 is 19.1 Å². The van der Waals surface area contributed by atoms with Crippen LogP contribution in [0.15, 0.2) is 55.2 Å². The fourth-order valence-electron chi connectivity index (χ4n) is 4.89. The number of rotatable bonds is 7. The van der Waals surface area contributed by atoms with Gasteiger partial charge in [-0.25, -0.2) is 4.79 Å². The highest BCUT2D eigenvalue weighted by molar-refractivity contribution is 5.97. The molecule has 1 saturated carbocycles. The summed E-state index contributed by atoms with van der Waals surface area (Å²) in [5, 5.41) is 4.36. The Balaban J connectivity index is 1.30. The van der Waals surface area contributed by atoms with Crippen LogP contribution in [0.1, 0.15) is 67.1 Å². The van der Waals surface area contributed by atoms with E-state index in [0.29, 0.717) is 24.5 Å². The number of ether oxygens (including phenoxy) is 2. The zero-order valence-electron chi connectivity index (χ0n) is 22.5. The average molecular weight is 514 g/mol. The summed E-state index contributed by atoms with van der Waals surface area (Å²) in [7, 11) is 0. The summed E-state index contributed by atoms with van der Waals surface area (Å²) in [5.41, 5.74) is 3.43. The minimum Gasteiger partial charge on any atom is -0.491 e. The monoisotopic (exact) mass is 513 g/mol. The molecular formula is C31H35N3O4. The predicted octanol–water partition coefficient (Wildman–Crippen LogP) is 5.99. The molecule has 198 valence electrons. The Labute approximate surface area is 223 Å². The van der Waals surface area contributed by atoms with E-state index in [4.69, 9.17) is 9.47 Å². The number of benzene rings is 2. The highest BCUT2D eigenvalue weighted by Crippen LogP contribution is 2.48. The van der Waals surface area contributed by atoms with Gasteiger partial charge in [0.05, 0.1) is 17.1 Å². The van der Waals surface area contributed by atoms with Gasteiger partial charge in [0.25, 0.3) is 5.91 Å². The van der Waals surface area contributed by atoms with E-state index in [0.717, 1.165) is 46.9 Å². The number of likely N-dealkylation sites (tertiary alicyclic amines) is 1. The third-order valence-corrected chi connectivity index (χ3v) is 7.27. The number of hydrogen-bond acceptors (Lipinski definition) is 5. The lowest BCUT2D eigenvalue weighted by molar-refractivity contribution is -0.0141. The number of carbonyl (C=O) groups excluding carboxylic acids is 2. The standard InChI is InChI=1S/C31H35N3O4/c1-6-21-16-26(24-8-7-14-32-27(24)17-21)31(12-13-31)33-28(35)25-18-23(10-9-20(25)2)37-19-22-11-15-34(22)29(36)38-30(3,4)5/h6-10,14,16-18,22H,1,11-13,15,19H2,2-5H3,(H,33,35)/t22-/m0/s1. The Bertz CT molecular complexity index is 1400. The molecule has 5 rings (SSSR count). The van der Waals surface area contributed by atoms with Gasteiger partial charge in [0.1, 0.15) is 18.0 Å². The topological polar surface area (TPSA) is 80.8 Å². The molecule has 0 unspecified atom stereocenters. The van der Waals surface area contributed by atoms with E-state index in [9.17, 15) is 9.59 Å². The number of hydrogen-bond donors (Lipinski definition) is 1. The minimum absolute atomic E-state index is 0.0443. The molecule has 2 aromatic carbocycles. The summed E-state index contributed by atoms with van der Waals surface area (Å²) in [5.74, 6) is 0.468. The second-order valence-corrected chi connectivity index (χ2v) is 11.3. The number of aromatic nitrogens is 1. The molecule has 0 spiro atoms. The van der Waals surface area contributed by atoms with Crippen molar-refractivity contribution in [2.75, 3.05) is 13.2 Å². The van der Waals surface area contributed by atoms with E-state index < -0.39 is 11.1 Å². The largest absolute Gasteiger partial charge is 0.491 e. The third-order valence-electron chi connectivity index (χ3n) is 7.27. The molecule has 2 aliphatic rings. The van der Waals surface area contributed by atoms with Crippen molar-refractivity contribution in [2.45, 2.75) is 64.1 Å². The van der Waals surface area contributed by atoms with Crippen molar-refractivity contribution in [3.8, 4) is 5.75 Å². The van der Waals surface area contributed by atoms with Crippen LogP contribution in [0.5, 0.6) is 5.75 Å². The van der Waals surface area contributed by atoms with E-state index >= 15 is 0 Å². The van der Waals surface area contributed by atoms with Crippen molar-refractivity contribution in [1.82, 2.24) is 15.2 Å². The summed E-state index contributed by atoms with van der Waals surface area (Å²) >= 11 is 0. The molecule has 0 bridgehead atoms. The quantitative estimate of drug-likeness (QED) is 0.420. The molecule has 1 atom stereocenters. The molecule has 7 heteroatoms. The molecule has 1 aliphatic heterocycles. The van der Waals surface area contributed by atoms with Gasteiger partial charge in [-0.1, -0.05) is 24.8 Å². The highest BCUT2D eigenvalue weighted by atomic mass is 16.6. The summed E-state index contributed by atoms with van der Waals surface area (Å²) in [6.07, 6.45) is 5.85. The lowest BCUT2D eigenvalue weighted by Crippen LogP contribution is -2.55. The molecule has 1 aliphatic carbocycles. The molecule has 2 heterocycles. The van der Waals surface area contributed by atoms with Crippen LogP contribution >= 0.6 is 0 Å². The average Bonchev–Trinajstić information content (AvgIpc) is 3.62. The maximum Gasteiger partial charge on any atom is 0.410 e. The van der Waals surface area contributed by atoms with Crippen LogP contribution in [0.3, 0.4) is 0 Å². The number of nitrogens with one attached hydrogen (secondary N) is 1. The second kappa shape index (κ2) is 9.78. The Kier molecular flexibility index (Phi) is 6.63. The number of fused-ring (bicyclic) bond motifs is 1. The Hall–Kier alpha value is -3.87. The zero-order chi connectivity index (χ0) is 27.1. The lowest BCUT2D eigenvalue weighted by Gasteiger charge is -2.41. The van der Waals surface area contributed by atoms with Gasteiger partial charge in [-0.3, -0.25) is 9.78 Å². The van der Waals surface area contributed by atoms with Crippen LogP contribution in [0.2, 0.25) is 0 Å². The minimum atomic E-state index is -0.536. The van der Waals surface area contributed by atoms with E-state index in [-0.39, 0.29) is 18.0 Å². The lowest BCUT2D eigenvalue weighted by atomic mass is 9.95. The predicted molar refractivity (Wildman–Crippen MR) is 148 cm³/mol. The molecule has 1 aromatic heterocycles. The maximum atomic E-state index is 13.5. The Morgan fingerprint density at radius 2 is 2.00 bits per heavy atom. The van der Waals surface area contributed by atoms with Crippen molar-refractivity contribution in [3.05, 3.63) is 77.5 Å². The van der Waals surface area contributed by atoms with E-state index in [1.165, 1.54) is 0 Å². The van der Waals surface area contributed by atoms with Gasteiger partial charge in [0.2, 0.25) is 0 Å². The van der Waals surface area contributed by atoms with E-state index in [1.54, 1.807) is 17.2 Å². The summed E-state index contributed by atoms with van der Waals surface area (Å²) < 4.78 is 11.5. The molecule has 38 heavy (non-hydrogen) atoms. The molecule has 3 aromatic rings. The van der Waals surface area contributed by atoms with Crippen LogP contribution in [-0.2, 0) is 10.3 Å². The number of carbonyl (C=O) groups is 2. The van der Waals surface area contributed by atoms with E-state index in [2.05, 4.69) is 29.0 Å². The second-order valence-electron chi connectivity index (χ2n) is 11.3. The van der Waals surface area contributed by atoms with Crippen molar-refractivity contribution in [1.29, 1.82) is 0 Å². The number of aryl methyl sites for hydroxylation is 1. The number of amides is 2. The van der Waals surface area contributed by atoms with Gasteiger partial charge in [-0.15, -0.1) is 0 Å². The molecule has 1 saturated heterocycles. The molecule has 7 nitrogen and oxygen atoms in total. The fraction of sp³-hybridized carbons (Fsp3) is 0.387. The van der Waals surface area contributed by atoms with Crippen molar-refractivity contribution in [2.24, 2.45) is 0 Å². The van der Waals surface area contributed by atoms with Gasteiger partial charge in [-0.05, 0) is 94.0 Å². The first-order valence-electron chi connectivity index (χ1n) is 13.2. The van der Waals surface area contributed by atoms with Gasteiger partial charge in [-0.2, -0.15) is 0 Å². The third kappa shape index (κ3) is 5.23. The van der Waals surface area contributed by atoms with Gasteiger partial charge in [0.15, 0.2) is 0 Å². The first kappa shape index (κ1) is 25.8. The van der Waals surface area contributed by atoms with Crippen LogP contribution in [-0.4, -0.2) is 46.7 Å². The van der Waals surface area contributed by atoms with Gasteiger partial charge < -0.3 is 19.7 Å². The first-order chi connectivity index (χ1) is 18.1. The van der Waals surface area contributed by atoms with E-state index in [1.807, 2.05) is 58.0 Å². The van der Waals surface area contributed by atoms with Crippen molar-refractivity contribution in [3.63, 3.8) is 0 Å². The highest BCUT2D eigenvalue weighted by Gasteiger charge is 2.47. The normalized spacial score (nSPS) is 17.9. The molecule has 2 fully saturated rings. The number of nitrogens with zero attached hydrogens (tertiary/aromatic N) is 2. The first-order valence-corrected chi connectivity index (χ1v) is 13.2. The van der Waals surface area contributed by atoms with Gasteiger partial charge in [0, 0.05) is 23.7 Å². The Morgan fingerprint density at radius 1 is 1.21 bits per heavy atom.